The van der Waals surface area contributed by atoms with Crippen LogP contribution in [-0.2, 0) is 0 Å². The van der Waals surface area contributed by atoms with E-state index in [-0.39, 0.29) is 16.8 Å². The fourth-order valence-corrected chi connectivity index (χ4v) is 2.09. The summed E-state index contributed by atoms with van der Waals surface area (Å²) in [6.45, 7) is 0. The lowest BCUT2D eigenvalue weighted by Gasteiger charge is -2.14. The number of hydrogen-bond donors (Lipinski definition) is 1. The van der Waals surface area contributed by atoms with Gasteiger partial charge in [-0.25, -0.2) is 8.78 Å². The Labute approximate surface area is 161 Å². The van der Waals surface area contributed by atoms with Crippen LogP contribution in [0.4, 0.5) is 8.78 Å². The Kier molecular flexibility index (Phi) is 8.46. The van der Waals surface area contributed by atoms with E-state index in [1.807, 2.05) is 0 Å². The lowest BCUT2D eigenvalue weighted by atomic mass is 10.3. The van der Waals surface area contributed by atoms with E-state index in [4.69, 9.17) is 17.0 Å². The van der Waals surface area contributed by atoms with Gasteiger partial charge in [0.15, 0.2) is 0 Å². The molecule has 8 heteroatoms. The van der Waals surface area contributed by atoms with Crippen molar-refractivity contribution < 1.29 is 13.5 Å². The first-order chi connectivity index (χ1) is 10.7. The van der Waals surface area contributed by atoms with Crippen molar-refractivity contribution in [3.05, 3.63) is 57.0 Å². The molecule has 0 aliphatic rings. The highest BCUT2D eigenvalue weighted by Gasteiger charge is 2.07. The van der Waals surface area contributed by atoms with Gasteiger partial charge in [0, 0.05) is 29.5 Å². The van der Waals surface area contributed by atoms with Crippen molar-refractivity contribution in [2.75, 3.05) is 14.1 Å². The van der Waals surface area contributed by atoms with Gasteiger partial charge >= 0.3 is 0 Å². The number of nitrogens with zero attached hydrogens (tertiary/aromatic N) is 1. The molecule has 0 spiro atoms. The molecule has 0 heterocycles. The maximum atomic E-state index is 12.8. The first-order valence-electron chi connectivity index (χ1n) is 6.19. The maximum absolute atomic E-state index is 12.8. The average Bonchev–Trinajstić information content (AvgIpc) is 2.47. The van der Waals surface area contributed by atoms with E-state index in [1.54, 1.807) is 31.1 Å². The molecule has 2 nitrogen and oxygen atoms in total. The fraction of sp³-hybridized carbons (Fsp3) is 0.133. The number of thiol groups is 1. The molecule has 0 aliphatic carbocycles. The van der Waals surface area contributed by atoms with Crippen LogP contribution < -0.4 is 4.74 Å². The Morgan fingerprint density at radius 1 is 1.04 bits per heavy atom. The van der Waals surface area contributed by atoms with Crippen LogP contribution in [0.25, 0.3) is 0 Å². The molecule has 2 aromatic carbocycles. The molecule has 0 atom stereocenters. The third-order valence-corrected chi connectivity index (χ3v) is 4.84. The molecule has 0 radical (unpaired) electrons. The molecule has 0 bridgehead atoms. The molecule has 0 fully saturated rings. The molecule has 0 aromatic heterocycles. The van der Waals surface area contributed by atoms with Gasteiger partial charge in [-0.3, -0.25) is 0 Å². The van der Waals surface area contributed by atoms with E-state index < -0.39 is 0 Å². The van der Waals surface area contributed by atoms with Crippen molar-refractivity contribution in [1.29, 1.82) is 0 Å². The first kappa shape index (κ1) is 20.3. The van der Waals surface area contributed by atoms with Crippen LogP contribution in [0.3, 0.4) is 0 Å². The van der Waals surface area contributed by atoms with Crippen molar-refractivity contribution in [3.63, 3.8) is 0 Å². The summed E-state index contributed by atoms with van der Waals surface area (Å²) < 4.78 is 31.9. The number of benzene rings is 2. The molecule has 0 aliphatic heterocycles. The number of ether oxygens (including phenoxy) is 1. The predicted octanol–water partition coefficient (Wildman–Crippen LogP) is 5.69. The molecule has 0 saturated carbocycles. The summed E-state index contributed by atoms with van der Waals surface area (Å²) in [5.41, 5.74) is 0. The Bertz CT molecular complexity index is 699. The SMILES string of the molecule is CN(C)C(=S)Oc1cc(F)ccc1Br.Fc1ccc(Br)c(S)c1. The molecular formula is C15H13Br2F2NOS2. The summed E-state index contributed by atoms with van der Waals surface area (Å²) >= 11 is 15.3. The van der Waals surface area contributed by atoms with E-state index in [2.05, 4.69) is 44.5 Å². The van der Waals surface area contributed by atoms with Gasteiger partial charge in [-0.15, -0.1) is 12.6 Å². The minimum absolute atomic E-state index is 0.261. The van der Waals surface area contributed by atoms with Crippen LogP contribution in [0.15, 0.2) is 50.2 Å². The molecular weight excluding hydrogens is 472 g/mol. The zero-order valence-corrected chi connectivity index (χ0v) is 17.1. The maximum Gasteiger partial charge on any atom is 0.264 e. The summed E-state index contributed by atoms with van der Waals surface area (Å²) in [5.74, 6) is -0.239. The van der Waals surface area contributed by atoms with Crippen molar-refractivity contribution in [2.45, 2.75) is 4.90 Å². The van der Waals surface area contributed by atoms with Crippen molar-refractivity contribution >= 4 is 61.9 Å². The highest BCUT2D eigenvalue weighted by molar-refractivity contribution is 9.10. The molecule has 0 saturated heterocycles. The lowest BCUT2D eigenvalue weighted by molar-refractivity contribution is 0.444. The third kappa shape index (κ3) is 7.15. The van der Waals surface area contributed by atoms with E-state index in [1.165, 1.54) is 24.3 Å². The standard InChI is InChI=1S/C9H9BrFNOS.C6H4BrFS/c1-12(2)9(14)13-8-5-6(11)3-4-7(8)10;7-5-2-1-4(8)3-6(5)9/h3-5H,1-2H3;1-3,9H. The summed E-state index contributed by atoms with van der Waals surface area (Å²) in [6, 6.07) is 8.55. The Morgan fingerprint density at radius 2 is 1.57 bits per heavy atom. The van der Waals surface area contributed by atoms with Crippen LogP contribution in [-0.4, -0.2) is 24.2 Å². The molecule has 23 heavy (non-hydrogen) atoms. The Hall–Kier alpha value is -0.700. The molecule has 2 aromatic rings. The summed E-state index contributed by atoms with van der Waals surface area (Å²) in [5, 5.41) is 0.288. The summed E-state index contributed by atoms with van der Waals surface area (Å²) in [4.78, 5) is 2.25. The predicted molar refractivity (Wildman–Crippen MR) is 102 cm³/mol. The van der Waals surface area contributed by atoms with Crippen LogP contribution in [0, 0.1) is 11.6 Å². The van der Waals surface area contributed by atoms with Crippen molar-refractivity contribution in [2.24, 2.45) is 0 Å². The first-order valence-corrected chi connectivity index (χ1v) is 8.63. The van der Waals surface area contributed by atoms with Gasteiger partial charge in [0.2, 0.25) is 0 Å². The van der Waals surface area contributed by atoms with Crippen LogP contribution in [0.1, 0.15) is 0 Å². The minimum atomic E-state index is -0.357. The van der Waals surface area contributed by atoms with E-state index >= 15 is 0 Å². The second kappa shape index (κ2) is 9.56. The average molecular weight is 485 g/mol. The van der Waals surface area contributed by atoms with Crippen LogP contribution in [0.5, 0.6) is 5.75 Å². The van der Waals surface area contributed by atoms with Gasteiger partial charge in [-0.2, -0.15) is 0 Å². The highest BCUT2D eigenvalue weighted by atomic mass is 79.9. The second-order valence-electron chi connectivity index (χ2n) is 4.43. The fourth-order valence-electron chi connectivity index (χ4n) is 1.23. The van der Waals surface area contributed by atoms with Gasteiger partial charge in [0.05, 0.1) is 4.47 Å². The van der Waals surface area contributed by atoms with Gasteiger partial charge in [0.25, 0.3) is 5.17 Å². The smallest absolute Gasteiger partial charge is 0.264 e. The summed E-state index contributed by atoms with van der Waals surface area (Å²) in [6.07, 6.45) is 0. The minimum Gasteiger partial charge on any atom is -0.430 e. The zero-order valence-electron chi connectivity index (χ0n) is 12.2. The monoisotopic (exact) mass is 483 g/mol. The number of rotatable bonds is 1. The molecule has 124 valence electrons. The normalized spacial score (nSPS) is 9.70. The largest absolute Gasteiger partial charge is 0.430 e. The zero-order chi connectivity index (χ0) is 17.6. The highest BCUT2D eigenvalue weighted by Crippen LogP contribution is 2.25. The number of thiocarbonyl (C=S) groups is 1. The van der Waals surface area contributed by atoms with Gasteiger partial charge < -0.3 is 9.64 Å². The molecule has 0 unspecified atom stereocenters. The lowest BCUT2D eigenvalue weighted by Crippen LogP contribution is -2.25. The topological polar surface area (TPSA) is 12.5 Å². The second-order valence-corrected chi connectivity index (χ2v) is 6.97. The molecule has 2 rings (SSSR count). The Morgan fingerprint density at radius 3 is 2.04 bits per heavy atom. The Balaban J connectivity index is 0.000000253. The van der Waals surface area contributed by atoms with Gasteiger partial charge in [0.1, 0.15) is 17.4 Å². The number of halogens is 4. The third-order valence-electron chi connectivity index (χ3n) is 2.36. The number of hydrogen-bond acceptors (Lipinski definition) is 3. The van der Waals surface area contributed by atoms with E-state index in [0.717, 1.165) is 4.47 Å². The van der Waals surface area contributed by atoms with Gasteiger partial charge in [-0.05, 0) is 74.4 Å². The molecule has 0 N–H and O–H groups in total. The van der Waals surface area contributed by atoms with Crippen LogP contribution in [0.2, 0.25) is 0 Å². The van der Waals surface area contributed by atoms with Crippen LogP contribution >= 0.6 is 56.7 Å². The van der Waals surface area contributed by atoms with Crippen molar-refractivity contribution in [1.82, 2.24) is 4.90 Å². The summed E-state index contributed by atoms with van der Waals surface area (Å²) in [7, 11) is 3.52. The van der Waals surface area contributed by atoms with Crippen molar-refractivity contribution in [3.8, 4) is 5.75 Å². The van der Waals surface area contributed by atoms with E-state index in [0.29, 0.717) is 15.1 Å². The van der Waals surface area contributed by atoms with E-state index in [9.17, 15) is 8.78 Å². The quantitative estimate of drug-likeness (QED) is 0.412. The molecule has 0 amide bonds. The van der Waals surface area contributed by atoms with Gasteiger partial charge in [-0.1, -0.05) is 0 Å².